The molecule has 0 aromatic heterocycles. The van der Waals surface area contributed by atoms with Gasteiger partial charge in [0.05, 0.1) is 11.6 Å². The summed E-state index contributed by atoms with van der Waals surface area (Å²) >= 11 is 4.41. The van der Waals surface area contributed by atoms with Gasteiger partial charge in [0.15, 0.2) is 0 Å². The molecular formula is C22H24BrN3O2S. The van der Waals surface area contributed by atoms with Crippen molar-refractivity contribution in [1.29, 1.82) is 0 Å². The molecular weight excluding hydrogens is 450 g/mol. The van der Waals surface area contributed by atoms with Gasteiger partial charge in [0.2, 0.25) is 0 Å². The number of imide groups is 1. The number of carbonyl (C=O) groups is 2. The van der Waals surface area contributed by atoms with Gasteiger partial charge in [-0.05, 0) is 80.1 Å². The topological polar surface area (TPSA) is 52.7 Å². The molecule has 1 aliphatic rings. The van der Waals surface area contributed by atoms with E-state index in [0.717, 1.165) is 51.8 Å². The molecule has 3 rings (SSSR count). The standard InChI is InChI=1S/C22H24BrN3O2S/c1-4-25(5-2)18-9-6-16(7-10-18)13-20-21(27)26(22(28)29-20)14-24-19-11-8-17(23)12-15(19)3/h6-13,24H,4-5,14H2,1-3H3/b20-13+. The van der Waals surface area contributed by atoms with Crippen molar-refractivity contribution in [3.63, 3.8) is 0 Å². The fourth-order valence-corrected chi connectivity index (χ4v) is 4.46. The second-order valence-corrected chi connectivity index (χ2v) is 8.58. The lowest BCUT2D eigenvalue weighted by atomic mass is 10.1. The van der Waals surface area contributed by atoms with Gasteiger partial charge in [-0.2, -0.15) is 0 Å². The third-order valence-electron chi connectivity index (χ3n) is 4.81. The Hall–Kier alpha value is -2.25. The predicted molar refractivity (Wildman–Crippen MR) is 125 cm³/mol. The number of thioether (sulfide) groups is 1. The zero-order valence-electron chi connectivity index (χ0n) is 16.7. The van der Waals surface area contributed by atoms with Crippen LogP contribution in [0, 0.1) is 6.92 Å². The summed E-state index contributed by atoms with van der Waals surface area (Å²) in [5.41, 5.74) is 3.98. The maximum Gasteiger partial charge on any atom is 0.295 e. The number of hydrogen-bond acceptors (Lipinski definition) is 5. The minimum absolute atomic E-state index is 0.144. The number of amides is 2. The maximum absolute atomic E-state index is 12.7. The van der Waals surface area contributed by atoms with Gasteiger partial charge in [-0.1, -0.05) is 28.1 Å². The van der Waals surface area contributed by atoms with Crippen LogP contribution in [0.3, 0.4) is 0 Å². The van der Waals surface area contributed by atoms with Crippen LogP contribution in [0.2, 0.25) is 0 Å². The highest BCUT2D eigenvalue weighted by Gasteiger charge is 2.34. The molecule has 0 unspecified atom stereocenters. The molecule has 0 bridgehead atoms. The van der Waals surface area contributed by atoms with E-state index in [0.29, 0.717) is 4.91 Å². The van der Waals surface area contributed by atoms with E-state index in [4.69, 9.17) is 0 Å². The SMILES string of the molecule is CCN(CC)c1ccc(/C=C2/SC(=O)N(CNc3ccc(Br)cc3C)C2=O)cc1. The Morgan fingerprint density at radius 2 is 1.79 bits per heavy atom. The highest BCUT2D eigenvalue weighted by Crippen LogP contribution is 2.32. The molecule has 5 nitrogen and oxygen atoms in total. The molecule has 29 heavy (non-hydrogen) atoms. The van der Waals surface area contributed by atoms with Gasteiger partial charge in [-0.25, -0.2) is 0 Å². The molecule has 0 aliphatic carbocycles. The molecule has 1 aliphatic heterocycles. The molecule has 1 heterocycles. The second kappa shape index (κ2) is 9.50. The van der Waals surface area contributed by atoms with Gasteiger partial charge < -0.3 is 10.2 Å². The minimum atomic E-state index is -0.268. The quantitative estimate of drug-likeness (QED) is 0.521. The van der Waals surface area contributed by atoms with Crippen molar-refractivity contribution < 1.29 is 9.59 Å². The number of nitrogens with one attached hydrogen (secondary N) is 1. The smallest absolute Gasteiger partial charge is 0.295 e. The lowest BCUT2D eigenvalue weighted by molar-refractivity contribution is -0.122. The van der Waals surface area contributed by atoms with Crippen LogP contribution >= 0.6 is 27.7 Å². The first-order chi connectivity index (χ1) is 13.9. The Kier molecular flexibility index (Phi) is 7.03. The van der Waals surface area contributed by atoms with E-state index in [1.807, 2.05) is 49.4 Å². The molecule has 7 heteroatoms. The fourth-order valence-electron chi connectivity index (χ4n) is 3.15. The summed E-state index contributed by atoms with van der Waals surface area (Å²) in [6, 6.07) is 13.9. The molecule has 2 aromatic carbocycles. The van der Waals surface area contributed by atoms with Crippen LogP contribution in [0.5, 0.6) is 0 Å². The molecule has 1 N–H and O–H groups in total. The first-order valence-electron chi connectivity index (χ1n) is 9.53. The van der Waals surface area contributed by atoms with E-state index in [1.54, 1.807) is 6.08 Å². The average molecular weight is 474 g/mol. The molecule has 1 saturated heterocycles. The summed E-state index contributed by atoms with van der Waals surface area (Å²) in [6.45, 7) is 8.25. The van der Waals surface area contributed by atoms with Gasteiger partial charge in [0.25, 0.3) is 11.1 Å². The number of halogens is 1. The third-order valence-corrected chi connectivity index (χ3v) is 6.21. The third kappa shape index (κ3) is 5.03. The largest absolute Gasteiger partial charge is 0.372 e. The van der Waals surface area contributed by atoms with E-state index in [1.165, 1.54) is 4.90 Å². The van der Waals surface area contributed by atoms with Crippen LogP contribution in [-0.2, 0) is 4.79 Å². The number of benzene rings is 2. The number of carbonyl (C=O) groups excluding carboxylic acids is 2. The van der Waals surface area contributed by atoms with Crippen molar-refractivity contribution in [3.05, 3.63) is 63.0 Å². The van der Waals surface area contributed by atoms with E-state index < -0.39 is 0 Å². The first-order valence-corrected chi connectivity index (χ1v) is 11.1. The van der Waals surface area contributed by atoms with Gasteiger partial charge in [0, 0.05) is 28.9 Å². The summed E-state index contributed by atoms with van der Waals surface area (Å²) in [5, 5.41) is 2.92. The predicted octanol–water partition coefficient (Wildman–Crippen LogP) is 5.71. The number of nitrogens with zero attached hydrogens (tertiary/aromatic N) is 2. The Morgan fingerprint density at radius 1 is 1.10 bits per heavy atom. The van der Waals surface area contributed by atoms with Crippen LogP contribution in [-0.4, -0.2) is 35.8 Å². The van der Waals surface area contributed by atoms with Gasteiger partial charge >= 0.3 is 0 Å². The van der Waals surface area contributed by atoms with Crippen LogP contribution in [0.15, 0.2) is 51.8 Å². The van der Waals surface area contributed by atoms with Crippen molar-refractivity contribution in [2.75, 3.05) is 30.0 Å². The first kappa shape index (κ1) is 21.5. The zero-order valence-corrected chi connectivity index (χ0v) is 19.1. The number of anilines is 2. The van der Waals surface area contributed by atoms with Gasteiger partial charge in [0.1, 0.15) is 0 Å². The van der Waals surface area contributed by atoms with Crippen molar-refractivity contribution in [1.82, 2.24) is 4.90 Å². The summed E-state index contributed by atoms with van der Waals surface area (Å²) in [7, 11) is 0. The minimum Gasteiger partial charge on any atom is -0.372 e. The monoisotopic (exact) mass is 473 g/mol. The van der Waals surface area contributed by atoms with Crippen molar-refractivity contribution >= 4 is 56.3 Å². The van der Waals surface area contributed by atoms with Crippen LogP contribution in [0.4, 0.5) is 16.2 Å². The molecule has 1 fully saturated rings. The molecule has 2 amide bonds. The molecule has 0 spiro atoms. The number of hydrogen-bond donors (Lipinski definition) is 1. The molecule has 152 valence electrons. The summed E-state index contributed by atoms with van der Waals surface area (Å²) in [6.07, 6.45) is 1.78. The van der Waals surface area contributed by atoms with Crippen molar-refractivity contribution in [3.8, 4) is 0 Å². The molecule has 0 saturated carbocycles. The second-order valence-electron chi connectivity index (χ2n) is 6.67. The van der Waals surface area contributed by atoms with E-state index in [9.17, 15) is 9.59 Å². The van der Waals surface area contributed by atoms with Crippen LogP contribution in [0.25, 0.3) is 6.08 Å². The fraction of sp³-hybridized carbons (Fsp3) is 0.273. The lowest BCUT2D eigenvalue weighted by Crippen LogP contribution is -2.33. The average Bonchev–Trinajstić information content (AvgIpc) is 2.96. The maximum atomic E-state index is 12.7. The lowest BCUT2D eigenvalue weighted by Gasteiger charge is -2.20. The Morgan fingerprint density at radius 3 is 2.41 bits per heavy atom. The highest BCUT2D eigenvalue weighted by atomic mass is 79.9. The Bertz CT molecular complexity index is 940. The van der Waals surface area contributed by atoms with Crippen molar-refractivity contribution in [2.45, 2.75) is 20.8 Å². The highest BCUT2D eigenvalue weighted by molar-refractivity contribution is 9.10. The number of rotatable bonds is 7. The van der Waals surface area contributed by atoms with Gasteiger partial charge in [-0.3, -0.25) is 14.5 Å². The van der Waals surface area contributed by atoms with E-state index in [2.05, 4.69) is 40.0 Å². The summed E-state index contributed by atoms with van der Waals surface area (Å²) in [4.78, 5) is 29.0. The van der Waals surface area contributed by atoms with Crippen molar-refractivity contribution in [2.24, 2.45) is 0 Å². The van der Waals surface area contributed by atoms with Gasteiger partial charge in [-0.15, -0.1) is 0 Å². The number of aryl methyl sites for hydroxylation is 1. The Labute approximate surface area is 184 Å². The summed E-state index contributed by atoms with van der Waals surface area (Å²) in [5.74, 6) is -0.268. The van der Waals surface area contributed by atoms with Crippen LogP contribution in [0.1, 0.15) is 25.0 Å². The molecule has 0 atom stereocenters. The molecule has 0 radical (unpaired) electrons. The normalized spacial score (nSPS) is 15.3. The van der Waals surface area contributed by atoms with E-state index >= 15 is 0 Å². The van der Waals surface area contributed by atoms with E-state index in [-0.39, 0.29) is 17.8 Å². The zero-order chi connectivity index (χ0) is 21.0. The summed E-state index contributed by atoms with van der Waals surface area (Å²) < 4.78 is 0.988. The van der Waals surface area contributed by atoms with Crippen LogP contribution < -0.4 is 10.2 Å². The molecule has 2 aromatic rings. The Balaban J connectivity index is 1.69.